The van der Waals surface area contributed by atoms with Crippen molar-refractivity contribution in [3.8, 4) is 5.75 Å². The number of hydrogen-bond donors (Lipinski definition) is 1. The Morgan fingerprint density at radius 2 is 1.92 bits per heavy atom. The highest BCUT2D eigenvalue weighted by Crippen LogP contribution is 2.45. The molecule has 3 nitrogen and oxygen atoms in total. The molecule has 1 aromatic heterocycles. The first-order valence-electron chi connectivity index (χ1n) is 9.37. The number of fused-ring (bicyclic) bond motifs is 1. The van der Waals surface area contributed by atoms with Gasteiger partial charge in [-0.25, -0.2) is 0 Å². The lowest BCUT2D eigenvalue weighted by atomic mass is 9.84. The lowest BCUT2D eigenvalue weighted by molar-refractivity contribution is -0.0216. The Hall–Kier alpha value is -2.26. The number of aromatic nitrogens is 1. The summed E-state index contributed by atoms with van der Waals surface area (Å²) in [6, 6.07) is 14.3. The van der Waals surface area contributed by atoms with Gasteiger partial charge in [-0.15, -0.1) is 0 Å². The van der Waals surface area contributed by atoms with Gasteiger partial charge in [0.05, 0.1) is 11.7 Å². The lowest BCUT2D eigenvalue weighted by Crippen LogP contribution is -2.25. The van der Waals surface area contributed by atoms with Gasteiger partial charge in [-0.3, -0.25) is 0 Å². The van der Waals surface area contributed by atoms with E-state index in [2.05, 4.69) is 68.9 Å². The van der Waals surface area contributed by atoms with Crippen molar-refractivity contribution < 1.29 is 9.84 Å². The summed E-state index contributed by atoms with van der Waals surface area (Å²) < 4.78 is 8.62. The van der Waals surface area contributed by atoms with Crippen LogP contribution in [0.4, 0.5) is 0 Å². The van der Waals surface area contributed by atoms with Crippen LogP contribution in [0.3, 0.4) is 0 Å². The van der Waals surface area contributed by atoms with E-state index in [0.29, 0.717) is 5.75 Å². The number of phenols is 1. The van der Waals surface area contributed by atoms with Crippen molar-refractivity contribution in [3.05, 3.63) is 65.4 Å². The zero-order chi connectivity index (χ0) is 18.5. The first-order chi connectivity index (χ1) is 12.4. The van der Waals surface area contributed by atoms with E-state index in [4.69, 9.17) is 4.74 Å². The second-order valence-electron chi connectivity index (χ2n) is 8.21. The predicted molar refractivity (Wildman–Crippen MR) is 106 cm³/mol. The van der Waals surface area contributed by atoms with Gasteiger partial charge in [0.2, 0.25) is 0 Å². The van der Waals surface area contributed by atoms with E-state index < -0.39 is 0 Å². The molecule has 1 fully saturated rings. The molecule has 1 aliphatic heterocycles. The van der Waals surface area contributed by atoms with Crippen LogP contribution >= 0.6 is 0 Å². The maximum Gasteiger partial charge on any atom is 0.119 e. The van der Waals surface area contributed by atoms with Crippen LogP contribution in [0.5, 0.6) is 5.75 Å². The molecule has 0 spiro atoms. The van der Waals surface area contributed by atoms with Crippen LogP contribution in [-0.2, 0) is 11.8 Å². The summed E-state index contributed by atoms with van der Waals surface area (Å²) in [4.78, 5) is 0. The number of hydrogen-bond acceptors (Lipinski definition) is 2. The molecule has 0 unspecified atom stereocenters. The van der Waals surface area contributed by atoms with E-state index in [1.807, 2.05) is 12.1 Å². The molecule has 3 heteroatoms. The third-order valence-corrected chi connectivity index (χ3v) is 5.65. The minimum Gasteiger partial charge on any atom is -0.508 e. The van der Waals surface area contributed by atoms with Crippen LogP contribution < -0.4 is 0 Å². The Balaban J connectivity index is 1.92. The number of para-hydroxylation sites is 1. The van der Waals surface area contributed by atoms with E-state index in [9.17, 15) is 5.11 Å². The minimum absolute atomic E-state index is 0.0165. The van der Waals surface area contributed by atoms with Gasteiger partial charge in [0.1, 0.15) is 5.75 Å². The molecule has 2 heterocycles. The number of rotatable bonds is 3. The predicted octanol–water partition coefficient (Wildman–Crippen LogP) is 5.28. The standard InChI is InChI=1S/C23H27NO2/c1-15-9-10-20(25)17(13-15)22(21-11-12-23(2,3)26-21)18-14-24(4)19-8-6-5-7-16(18)19/h5-10,13-14,21-22,25H,11-12H2,1-4H3/t21-,22+/m1/s1. The fraction of sp³-hybridized carbons (Fsp3) is 0.391. The molecule has 0 radical (unpaired) electrons. The molecule has 1 aliphatic rings. The fourth-order valence-electron chi connectivity index (χ4n) is 4.36. The molecule has 1 N–H and O–H groups in total. The number of nitrogens with zero attached hydrogens (tertiary/aromatic N) is 1. The molecule has 136 valence electrons. The highest BCUT2D eigenvalue weighted by molar-refractivity contribution is 5.85. The lowest BCUT2D eigenvalue weighted by Gasteiger charge is -2.27. The first-order valence-corrected chi connectivity index (χ1v) is 9.37. The van der Waals surface area contributed by atoms with Gasteiger partial charge in [0, 0.05) is 35.6 Å². The average Bonchev–Trinajstić information content (AvgIpc) is 3.12. The van der Waals surface area contributed by atoms with Gasteiger partial charge >= 0.3 is 0 Å². The van der Waals surface area contributed by atoms with Crippen LogP contribution in [0.2, 0.25) is 0 Å². The number of benzene rings is 2. The van der Waals surface area contributed by atoms with Crippen molar-refractivity contribution in [3.63, 3.8) is 0 Å². The maximum absolute atomic E-state index is 10.7. The molecular weight excluding hydrogens is 322 g/mol. The summed E-state index contributed by atoms with van der Waals surface area (Å²) >= 11 is 0. The molecule has 0 aliphatic carbocycles. The third-order valence-electron chi connectivity index (χ3n) is 5.65. The van der Waals surface area contributed by atoms with Crippen molar-refractivity contribution in [2.75, 3.05) is 0 Å². The van der Waals surface area contributed by atoms with Gasteiger partial charge < -0.3 is 14.4 Å². The Labute approximate surface area is 155 Å². The average molecular weight is 349 g/mol. The van der Waals surface area contributed by atoms with Crippen molar-refractivity contribution in [2.24, 2.45) is 7.05 Å². The molecule has 0 amide bonds. The maximum atomic E-state index is 10.7. The summed E-state index contributed by atoms with van der Waals surface area (Å²) in [7, 11) is 2.08. The zero-order valence-corrected chi connectivity index (χ0v) is 16.0. The van der Waals surface area contributed by atoms with Crippen LogP contribution in [0.15, 0.2) is 48.7 Å². The number of aryl methyl sites for hydroxylation is 2. The van der Waals surface area contributed by atoms with E-state index in [1.54, 1.807) is 0 Å². The van der Waals surface area contributed by atoms with E-state index >= 15 is 0 Å². The van der Waals surface area contributed by atoms with Crippen LogP contribution in [-0.4, -0.2) is 21.4 Å². The van der Waals surface area contributed by atoms with Gasteiger partial charge in [0.15, 0.2) is 0 Å². The normalized spacial score (nSPS) is 20.5. The van der Waals surface area contributed by atoms with Crippen LogP contribution in [0.1, 0.15) is 49.3 Å². The quantitative estimate of drug-likeness (QED) is 0.698. The summed E-state index contributed by atoms with van der Waals surface area (Å²) in [5.41, 5.74) is 4.43. The summed E-state index contributed by atoms with van der Waals surface area (Å²) in [6.07, 6.45) is 4.29. The SMILES string of the molecule is Cc1ccc(O)c([C@@H](c2cn(C)c3ccccc23)[C@H]2CCC(C)(C)O2)c1. The third kappa shape index (κ3) is 2.90. The van der Waals surface area contributed by atoms with Crippen molar-refractivity contribution in [2.45, 2.75) is 51.2 Å². The topological polar surface area (TPSA) is 34.4 Å². The second kappa shape index (κ2) is 6.17. The van der Waals surface area contributed by atoms with E-state index in [0.717, 1.165) is 24.0 Å². The van der Waals surface area contributed by atoms with Gasteiger partial charge in [0.25, 0.3) is 0 Å². The van der Waals surface area contributed by atoms with Crippen LogP contribution in [0.25, 0.3) is 10.9 Å². The second-order valence-corrected chi connectivity index (χ2v) is 8.21. The van der Waals surface area contributed by atoms with Crippen molar-refractivity contribution in [1.82, 2.24) is 4.57 Å². The molecule has 0 saturated carbocycles. The number of phenolic OH excluding ortho intramolecular Hbond substituents is 1. The molecule has 3 aromatic rings. The van der Waals surface area contributed by atoms with E-state index in [1.165, 1.54) is 16.5 Å². The van der Waals surface area contributed by atoms with Crippen LogP contribution in [0, 0.1) is 6.92 Å². The number of ether oxygens (including phenoxy) is 1. The molecule has 26 heavy (non-hydrogen) atoms. The Morgan fingerprint density at radius 3 is 2.65 bits per heavy atom. The molecule has 0 bridgehead atoms. The summed E-state index contributed by atoms with van der Waals surface area (Å²) in [5, 5.41) is 11.9. The van der Waals surface area contributed by atoms with Crippen molar-refractivity contribution >= 4 is 10.9 Å². The molecule has 1 saturated heterocycles. The van der Waals surface area contributed by atoms with E-state index in [-0.39, 0.29) is 17.6 Å². The fourth-order valence-corrected chi connectivity index (χ4v) is 4.36. The molecule has 2 atom stereocenters. The first kappa shape index (κ1) is 17.2. The zero-order valence-electron chi connectivity index (χ0n) is 16.0. The molecule has 4 rings (SSSR count). The Kier molecular flexibility index (Phi) is 4.07. The van der Waals surface area contributed by atoms with Gasteiger partial charge in [-0.1, -0.05) is 35.9 Å². The monoisotopic (exact) mass is 349 g/mol. The minimum atomic E-state index is -0.118. The Morgan fingerprint density at radius 1 is 1.15 bits per heavy atom. The van der Waals surface area contributed by atoms with Gasteiger partial charge in [-0.2, -0.15) is 0 Å². The summed E-state index contributed by atoms with van der Waals surface area (Å²) in [6.45, 7) is 6.38. The van der Waals surface area contributed by atoms with Crippen molar-refractivity contribution in [1.29, 1.82) is 0 Å². The summed E-state index contributed by atoms with van der Waals surface area (Å²) in [5.74, 6) is 0.365. The Bertz CT molecular complexity index is 954. The van der Waals surface area contributed by atoms with Gasteiger partial charge in [-0.05, 0) is 51.3 Å². The molecular formula is C23H27NO2. The smallest absolute Gasteiger partial charge is 0.119 e. The highest BCUT2D eigenvalue weighted by atomic mass is 16.5. The number of aromatic hydroxyl groups is 1. The molecule has 2 aromatic carbocycles. The largest absolute Gasteiger partial charge is 0.508 e. The highest BCUT2D eigenvalue weighted by Gasteiger charge is 2.39.